The molecule has 4 fully saturated rings. The molecule has 0 aromatic carbocycles. The second kappa shape index (κ2) is 9.67. The van der Waals surface area contributed by atoms with Crippen LogP contribution in [0.15, 0.2) is 0 Å². The van der Waals surface area contributed by atoms with Crippen LogP contribution in [0.5, 0.6) is 0 Å². The zero-order chi connectivity index (χ0) is 24.1. The maximum Gasteiger partial charge on any atom is 0.0612 e. The van der Waals surface area contributed by atoms with Crippen LogP contribution in [0, 0.1) is 52.3 Å². The zero-order valence-corrected chi connectivity index (χ0v) is 20.8. The van der Waals surface area contributed by atoms with E-state index in [4.69, 9.17) is 0 Å². The normalized spacial score (nSPS) is 49.3. The van der Waals surface area contributed by atoms with E-state index < -0.39 is 18.1 Å². The fourth-order valence-corrected chi connectivity index (χ4v) is 9.30. The number of hydrogen-bond donors (Lipinski definition) is 6. The topological polar surface area (TPSA) is 121 Å². The number of rotatable bonds is 7. The Morgan fingerprint density at radius 3 is 2.24 bits per heavy atom. The first-order chi connectivity index (χ1) is 15.6. The third-order valence-electron chi connectivity index (χ3n) is 11.5. The molecule has 0 unspecified atom stereocenters. The molecule has 0 bridgehead atoms. The van der Waals surface area contributed by atoms with Gasteiger partial charge in [-0.25, -0.2) is 0 Å². The highest BCUT2D eigenvalue weighted by Gasteiger charge is 2.65. The third kappa shape index (κ3) is 4.21. The molecule has 4 aliphatic carbocycles. The zero-order valence-electron chi connectivity index (χ0n) is 20.8. The van der Waals surface area contributed by atoms with Crippen LogP contribution in [0.1, 0.15) is 78.6 Å². The summed E-state index contributed by atoms with van der Waals surface area (Å²) < 4.78 is 0. The van der Waals surface area contributed by atoms with Gasteiger partial charge < -0.3 is 30.6 Å². The third-order valence-corrected chi connectivity index (χ3v) is 11.5. The number of aliphatic hydroxyl groups is 6. The van der Waals surface area contributed by atoms with E-state index in [1.165, 1.54) is 0 Å². The van der Waals surface area contributed by atoms with Crippen molar-refractivity contribution in [2.75, 3.05) is 13.2 Å². The monoisotopic (exact) mass is 468 g/mol. The van der Waals surface area contributed by atoms with Crippen LogP contribution >= 0.6 is 0 Å². The highest BCUT2D eigenvalue weighted by atomic mass is 16.3. The van der Waals surface area contributed by atoms with Crippen molar-refractivity contribution in [1.82, 2.24) is 0 Å². The van der Waals surface area contributed by atoms with Gasteiger partial charge in [-0.15, -0.1) is 0 Å². The molecule has 192 valence electrons. The minimum atomic E-state index is -0.716. The van der Waals surface area contributed by atoms with Crippen LogP contribution in [0.4, 0.5) is 0 Å². The molecule has 33 heavy (non-hydrogen) atoms. The van der Waals surface area contributed by atoms with Gasteiger partial charge in [-0.2, -0.15) is 0 Å². The average molecular weight is 469 g/mol. The van der Waals surface area contributed by atoms with Gasteiger partial charge in [0.2, 0.25) is 0 Å². The SMILES string of the molecule is C[C@H](CC[C@@H](O)C(CO)CO)[C@H]1CC[C@H]2[C@@H]3[C@H](O)C[C@@H]4C[C@H](O)CC[C@]4(C)[C@H]3C[C@H](O)[C@]12C. The second-order valence-electron chi connectivity index (χ2n) is 12.8. The Kier molecular flexibility index (Phi) is 7.57. The lowest BCUT2D eigenvalue weighted by Crippen LogP contribution is -2.62. The molecule has 6 heteroatoms. The minimum Gasteiger partial charge on any atom is -0.396 e. The van der Waals surface area contributed by atoms with Crippen LogP contribution in [0.2, 0.25) is 0 Å². The summed E-state index contributed by atoms with van der Waals surface area (Å²) in [6.45, 7) is 6.39. The minimum absolute atomic E-state index is 0.0862. The van der Waals surface area contributed by atoms with Gasteiger partial charge in [0.25, 0.3) is 0 Å². The van der Waals surface area contributed by atoms with Gasteiger partial charge in [0.15, 0.2) is 0 Å². The van der Waals surface area contributed by atoms with Crippen molar-refractivity contribution in [3.05, 3.63) is 0 Å². The van der Waals surface area contributed by atoms with Crippen molar-refractivity contribution in [1.29, 1.82) is 0 Å². The Morgan fingerprint density at radius 1 is 0.879 bits per heavy atom. The van der Waals surface area contributed by atoms with Gasteiger partial charge in [0.1, 0.15) is 0 Å². The van der Waals surface area contributed by atoms with Crippen LogP contribution in [0.3, 0.4) is 0 Å². The lowest BCUT2D eigenvalue weighted by atomic mass is 9.43. The Morgan fingerprint density at radius 2 is 1.58 bits per heavy atom. The van der Waals surface area contributed by atoms with Gasteiger partial charge in [0, 0.05) is 5.92 Å². The first kappa shape index (κ1) is 25.8. The lowest BCUT2D eigenvalue weighted by molar-refractivity contribution is -0.207. The Hall–Kier alpha value is -0.240. The summed E-state index contributed by atoms with van der Waals surface area (Å²) in [5.41, 5.74) is -0.153. The molecule has 12 atom stereocenters. The van der Waals surface area contributed by atoms with Gasteiger partial charge in [-0.3, -0.25) is 0 Å². The lowest BCUT2D eigenvalue weighted by Gasteiger charge is -2.63. The summed E-state index contributed by atoms with van der Waals surface area (Å²) in [5.74, 6) is 1.29. The van der Waals surface area contributed by atoms with Crippen LogP contribution < -0.4 is 0 Å². The molecule has 6 nitrogen and oxygen atoms in total. The first-order valence-electron chi connectivity index (χ1n) is 13.5. The smallest absolute Gasteiger partial charge is 0.0612 e. The molecule has 0 spiro atoms. The largest absolute Gasteiger partial charge is 0.396 e. The fraction of sp³-hybridized carbons (Fsp3) is 1.00. The van der Waals surface area contributed by atoms with Gasteiger partial charge >= 0.3 is 0 Å². The summed E-state index contributed by atoms with van der Waals surface area (Å²) in [4.78, 5) is 0. The Labute approximate surface area is 199 Å². The second-order valence-corrected chi connectivity index (χ2v) is 12.8. The number of hydrogen-bond acceptors (Lipinski definition) is 6. The van der Waals surface area contributed by atoms with Crippen molar-refractivity contribution in [3.8, 4) is 0 Å². The summed E-state index contributed by atoms with van der Waals surface area (Å²) >= 11 is 0. The van der Waals surface area contributed by atoms with E-state index in [9.17, 15) is 30.6 Å². The molecule has 0 aromatic rings. The van der Waals surface area contributed by atoms with Crippen LogP contribution in [0.25, 0.3) is 0 Å². The van der Waals surface area contributed by atoms with Crippen LogP contribution in [-0.4, -0.2) is 68.3 Å². The molecule has 4 saturated carbocycles. The van der Waals surface area contributed by atoms with Gasteiger partial charge in [-0.05, 0) is 104 Å². The predicted molar refractivity (Wildman–Crippen MR) is 126 cm³/mol. The van der Waals surface area contributed by atoms with E-state index in [0.717, 1.165) is 51.4 Å². The first-order valence-corrected chi connectivity index (χ1v) is 13.5. The van der Waals surface area contributed by atoms with E-state index in [0.29, 0.717) is 36.0 Å². The highest BCUT2D eigenvalue weighted by molar-refractivity contribution is 5.14. The van der Waals surface area contributed by atoms with E-state index in [-0.39, 0.29) is 42.2 Å². The van der Waals surface area contributed by atoms with Crippen molar-refractivity contribution in [2.45, 2.75) is 103 Å². The van der Waals surface area contributed by atoms with E-state index in [1.54, 1.807) is 0 Å². The molecule has 0 radical (unpaired) electrons. The molecule has 0 aliphatic heterocycles. The number of aliphatic hydroxyl groups excluding tert-OH is 6. The molecule has 0 saturated heterocycles. The van der Waals surface area contributed by atoms with Crippen molar-refractivity contribution < 1.29 is 30.6 Å². The Bertz CT molecular complexity index is 669. The predicted octanol–water partition coefficient (Wildman–Crippen LogP) is 2.33. The average Bonchev–Trinajstić information content (AvgIpc) is 3.13. The number of fused-ring (bicyclic) bond motifs is 5. The summed E-state index contributed by atoms with van der Waals surface area (Å²) in [6, 6.07) is 0. The van der Waals surface area contributed by atoms with Crippen molar-refractivity contribution in [2.24, 2.45) is 52.3 Å². The molecule has 6 N–H and O–H groups in total. The van der Waals surface area contributed by atoms with Gasteiger partial charge in [0.05, 0.1) is 37.6 Å². The molecule has 4 rings (SSSR count). The molecular weight excluding hydrogens is 420 g/mol. The van der Waals surface area contributed by atoms with E-state index in [1.807, 2.05) is 0 Å². The molecule has 0 aromatic heterocycles. The summed E-state index contributed by atoms with van der Waals surface area (Å²) in [6.07, 6.45) is 5.77. The van der Waals surface area contributed by atoms with Crippen LogP contribution in [-0.2, 0) is 0 Å². The highest BCUT2D eigenvalue weighted by Crippen LogP contribution is 2.68. The quantitative estimate of drug-likeness (QED) is 0.341. The maximum absolute atomic E-state index is 11.6. The molecule has 4 aliphatic rings. The standard InChI is InChI=1S/C27H48O6/c1-15(4-7-22(31)16(13-28)14-29)19-5-6-20-25-21(12-24(33)27(19,20)3)26(2)9-8-18(30)10-17(26)11-23(25)32/h15-25,28-33H,4-14H2,1-3H3/t15-,17+,18-,19-,20+,21+,22-,23-,24+,25+,26+,27-/m1/s1. The fourth-order valence-electron chi connectivity index (χ4n) is 9.30. The van der Waals surface area contributed by atoms with Gasteiger partial charge in [-0.1, -0.05) is 20.8 Å². The van der Waals surface area contributed by atoms with Crippen molar-refractivity contribution >= 4 is 0 Å². The Balaban J connectivity index is 1.51. The summed E-state index contributed by atoms with van der Waals surface area (Å²) in [7, 11) is 0. The summed E-state index contributed by atoms with van der Waals surface area (Å²) in [5, 5.41) is 62.4. The van der Waals surface area contributed by atoms with E-state index >= 15 is 0 Å². The van der Waals surface area contributed by atoms with E-state index in [2.05, 4.69) is 20.8 Å². The molecule has 0 amide bonds. The molecular formula is C27H48O6. The van der Waals surface area contributed by atoms with Crippen molar-refractivity contribution in [3.63, 3.8) is 0 Å². The maximum atomic E-state index is 11.6. The molecule has 0 heterocycles.